The van der Waals surface area contributed by atoms with Crippen LogP contribution in [-0.4, -0.2) is 18.5 Å². The van der Waals surface area contributed by atoms with Crippen molar-refractivity contribution in [3.05, 3.63) is 29.3 Å². The number of anilines is 1. The summed E-state index contributed by atoms with van der Waals surface area (Å²) >= 11 is 0. The maximum atomic E-state index is 11.6. The summed E-state index contributed by atoms with van der Waals surface area (Å²) < 4.78 is 0. The minimum absolute atomic E-state index is 0.132. The van der Waals surface area contributed by atoms with Gasteiger partial charge in [-0.1, -0.05) is 12.1 Å². The number of carbonyl (C=O) groups excluding carboxylic acids is 1. The van der Waals surface area contributed by atoms with Crippen LogP contribution in [0.4, 0.5) is 5.69 Å². The van der Waals surface area contributed by atoms with E-state index >= 15 is 0 Å². The standard InChI is InChI=1S/C14H17N3O/c1-14(2,9-15)16-8-10-4-5-12-11(6-10)7-13(18)17(12)3/h4-6,16H,7-8H2,1-3H3. The van der Waals surface area contributed by atoms with Gasteiger partial charge in [-0.3, -0.25) is 10.1 Å². The predicted molar refractivity (Wildman–Crippen MR) is 70.1 cm³/mol. The van der Waals surface area contributed by atoms with Crippen molar-refractivity contribution in [3.63, 3.8) is 0 Å². The van der Waals surface area contributed by atoms with Crippen LogP contribution in [0, 0.1) is 11.3 Å². The average molecular weight is 243 g/mol. The number of fused-ring (bicyclic) bond motifs is 1. The van der Waals surface area contributed by atoms with Crippen LogP contribution in [0.15, 0.2) is 18.2 Å². The largest absolute Gasteiger partial charge is 0.315 e. The molecule has 0 spiro atoms. The molecule has 94 valence electrons. The van der Waals surface area contributed by atoms with E-state index in [1.807, 2.05) is 32.0 Å². The lowest BCUT2D eigenvalue weighted by molar-refractivity contribution is -0.117. The number of hydrogen-bond acceptors (Lipinski definition) is 3. The molecule has 0 unspecified atom stereocenters. The summed E-state index contributed by atoms with van der Waals surface area (Å²) in [5, 5.41) is 12.1. The average Bonchev–Trinajstić information content (AvgIpc) is 2.62. The number of amides is 1. The van der Waals surface area contributed by atoms with E-state index in [1.165, 1.54) is 0 Å². The smallest absolute Gasteiger partial charge is 0.231 e. The lowest BCUT2D eigenvalue weighted by atomic mass is 10.1. The Hall–Kier alpha value is -1.86. The van der Waals surface area contributed by atoms with E-state index in [0.29, 0.717) is 13.0 Å². The van der Waals surface area contributed by atoms with Crippen molar-refractivity contribution >= 4 is 11.6 Å². The van der Waals surface area contributed by atoms with Crippen molar-refractivity contribution in [2.75, 3.05) is 11.9 Å². The maximum absolute atomic E-state index is 11.6. The van der Waals surface area contributed by atoms with Gasteiger partial charge in [0, 0.05) is 19.3 Å². The number of benzene rings is 1. The molecular formula is C14H17N3O. The fourth-order valence-corrected chi connectivity index (χ4v) is 2.00. The Bertz CT molecular complexity index is 528. The summed E-state index contributed by atoms with van der Waals surface area (Å²) in [6.07, 6.45) is 0.474. The third kappa shape index (κ3) is 2.36. The van der Waals surface area contributed by atoms with Gasteiger partial charge in [-0.05, 0) is 31.0 Å². The minimum atomic E-state index is -0.536. The van der Waals surface area contributed by atoms with Gasteiger partial charge in [0.25, 0.3) is 0 Å². The van der Waals surface area contributed by atoms with E-state index in [-0.39, 0.29) is 5.91 Å². The molecule has 0 saturated heterocycles. The molecule has 0 fully saturated rings. The Kier molecular flexibility index (Phi) is 3.10. The Balaban J connectivity index is 2.13. The molecule has 18 heavy (non-hydrogen) atoms. The Morgan fingerprint density at radius 1 is 1.50 bits per heavy atom. The molecule has 4 heteroatoms. The van der Waals surface area contributed by atoms with Crippen LogP contribution >= 0.6 is 0 Å². The van der Waals surface area contributed by atoms with Gasteiger partial charge in [0.15, 0.2) is 0 Å². The number of likely N-dealkylation sites (N-methyl/N-ethyl adjacent to an activating group) is 1. The first kappa shape index (κ1) is 12.6. The molecule has 1 aromatic rings. The van der Waals surface area contributed by atoms with Crippen LogP contribution in [0.25, 0.3) is 0 Å². The summed E-state index contributed by atoms with van der Waals surface area (Å²) in [4.78, 5) is 13.3. The normalized spacial score (nSPS) is 14.6. The van der Waals surface area contributed by atoms with Gasteiger partial charge in [0.2, 0.25) is 5.91 Å². The molecule has 1 aromatic carbocycles. The molecule has 1 aliphatic rings. The van der Waals surface area contributed by atoms with E-state index in [9.17, 15) is 4.79 Å². The molecule has 1 aliphatic heterocycles. The second kappa shape index (κ2) is 4.43. The Labute approximate surface area is 107 Å². The highest BCUT2D eigenvalue weighted by molar-refractivity contribution is 6.00. The molecule has 0 bridgehead atoms. The van der Waals surface area contributed by atoms with E-state index in [0.717, 1.165) is 16.8 Å². The lowest BCUT2D eigenvalue weighted by Gasteiger charge is -2.18. The quantitative estimate of drug-likeness (QED) is 0.877. The lowest BCUT2D eigenvalue weighted by Crippen LogP contribution is -2.36. The van der Waals surface area contributed by atoms with Crippen molar-refractivity contribution < 1.29 is 4.79 Å². The molecule has 1 N–H and O–H groups in total. The third-order valence-electron chi connectivity index (χ3n) is 3.24. The molecule has 1 amide bonds. The molecule has 0 aliphatic carbocycles. The number of carbonyl (C=O) groups is 1. The summed E-state index contributed by atoms with van der Waals surface area (Å²) in [6.45, 7) is 4.32. The highest BCUT2D eigenvalue weighted by atomic mass is 16.2. The number of hydrogen-bond donors (Lipinski definition) is 1. The number of rotatable bonds is 3. The van der Waals surface area contributed by atoms with Crippen molar-refractivity contribution in [3.8, 4) is 6.07 Å². The molecular weight excluding hydrogens is 226 g/mol. The minimum Gasteiger partial charge on any atom is -0.315 e. The summed E-state index contributed by atoms with van der Waals surface area (Å²) in [5.41, 5.74) is 2.62. The molecule has 2 rings (SSSR count). The number of nitriles is 1. The van der Waals surface area contributed by atoms with Crippen LogP contribution in [0.5, 0.6) is 0 Å². The summed E-state index contributed by atoms with van der Waals surface area (Å²) in [6, 6.07) is 8.21. The topological polar surface area (TPSA) is 56.1 Å². The molecule has 0 radical (unpaired) electrons. The molecule has 0 atom stereocenters. The van der Waals surface area contributed by atoms with Gasteiger partial charge in [-0.15, -0.1) is 0 Å². The predicted octanol–water partition coefficient (Wildman–Crippen LogP) is 1.60. The Morgan fingerprint density at radius 3 is 2.89 bits per heavy atom. The second-order valence-electron chi connectivity index (χ2n) is 5.18. The van der Waals surface area contributed by atoms with Gasteiger partial charge in [-0.2, -0.15) is 5.26 Å². The fraction of sp³-hybridized carbons (Fsp3) is 0.429. The van der Waals surface area contributed by atoms with Gasteiger partial charge in [0.1, 0.15) is 5.54 Å². The van der Waals surface area contributed by atoms with Crippen LogP contribution in [0.2, 0.25) is 0 Å². The highest BCUT2D eigenvalue weighted by Crippen LogP contribution is 2.28. The molecule has 4 nitrogen and oxygen atoms in total. The van der Waals surface area contributed by atoms with Crippen molar-refractivity contribution in [2.45, 2.75) is 32.4 Å². The first-order valence-corrected chi connectivity index (χ1v) is 5.97. The van der Waals surface area contributed by atoms with Crippen molar-refractivity contribution in [1.29, 1.82) is 5.26 Å². The number of nitrogens with one attached hydrogen (secondary N) is 1. The number of nitrogens with zero attached hydrogens (tertiary/aromatic N) is 2. The fourth-order valence-electron chi connectivity index (χ4n) is 2.00. The zero-order valence-electron chi connectivity index (χ0n) is 10.9. The van der Waals surface area contributed by atoms with Crippen LogP contribution in [0.3, 0.4) is 0 Å². The molecule has 0 saturated carbocycles. The van der Waals surface area contributed by atoms with Gasteiger partial charge < -0.3 is 4.90 Å². The first-order valence-electron chi connectivity index (χ1n) is 5.97. The highest BCUT2D eigenvalue weighted by Gasteiger charge is 2.24. The zero-order chi connectivity index (χ0) is 13.3. The Morgan fingerprint density at radius 2 is 2.22 bits per heavy atom. The van der Waals surface area contributed by atoms with E-state index < -0.39 is 5.54 Å². The molecule has 0 aromatic heterocycles. The summed E-state index contributed by atoms with van der Waals surface area (Å²) in [7, 11) is 1.80. The second-order valence-corrected chi connectivity index (χ2v) is 5.18. The van der Waals surface area contributed by atoms with E-state index in [4.69, 9.17) is 5.26 Å². The third-order valence-corrected chi connectivity index (χ3v) is 3.24. The summed E-state index contributed by atoms with van der Waals surface area (Å²) in [5.74, 6) is 0.132. The van der Waals surface area contributed by atoms with Gasteiger partial charge >= 0.3 is 0 Å². The van der Waals surface area contributed by atoms with E-state index in [2.05, 4.69) is 11.4 Å². The van der Waals surface area contributed by atoms with Gasteiger partial charge in [0.05, 0.1) is 12.5 Å². The first-order chi connectivity index (χ1) is 8.43. The van der Waals surface area contributed by atoms with Crippen molar-refractivity contribution in [2.24, 2.45) is 0 Å². The van der Waals surface area contributed by atoms with Crippen LogP contribution < -0.4 is 10.2 Å². The zero-order valence-corrected chi connectivity index (χ0v) is 10.9. The monoisotopic (exact) mass is 243 g/mol. The van der Waals surface area contributed by atoms with Crippen LogP contribution in [0.1, 0.15) is 25.0 Å². The van der Waals surface area contributed by atoms with E-state index in [1.54, 1.807) is 11.9 Å². The van der Waals surface area contributed by atoms with Crippen LogP contribution in [-0.2, 0) is 17.8 Å². The SMILES string of the molecule is CN1C(=O)Cc2cc(CNC(C)(C)C#N)ccc21. The maximum Gasteiger partial charge on any atom is 0.231 e. The van der Waals surface area contributed by atoms with Crippen molar-refractivity contribution in [1.82, 2.24) is 5.32 Å². The molecule has 1 heterocycles. The van der Waals surface area contributed by atoms with Gasteiger partial charge in [-0.25, -0.2) is 0 Å².